The summed E-state index contributed by atoms with van der Waals surface area (Å²) >= 11 is 12.6. The van der Waals surface area contributed by atoms with Gasteiger partial charge in [0.05, 0.1) is 12.0 Å². The minimum absolute atomic E-state index is 0.315. The normalized spacial score (nSPS) is 14.8. The molecule has 1 nitrogen and oxygen atoms in total. The zero-order chi connectivity index (χ0) is 14.3. The van der Waals surface area contributed by atoms with Crippen LogP contribution >= 0.6 is 23.2 Å². The molecule has 2 aromatic rings. The number of aryl methyl sites for hydroxylation is 1. The average molecular weight is 311 g/mol. The Morgan fingerprint density at radius 3 is 2.85 bits per heavy atom. The van der Waals surface area contributed by atoms with E-state index in [-0.39, 0.29) is 5.82 Å². The van der Waals surface area contributed by atoms with Gasteiger partial charge in [0.1, 0.15) is 11.6 Å². The van der Waals surface area contributed by atoms with Gasteiger partial charge in [0, 0.05) is 11.4 Å². The van der Waals surface area contributed by atoms with Crippen molar-refractivity contribution in [3.63, 3.8) is 0 Å². The average Bonchev–Trinajstić information content (AvgIpc) is 2.89. The van der Waals surface area contributed by atoms with Crippen molar-refractivity contribution in [1.29, 1.82) is 0 Å². The van der Waals surface area contributed by atoms with Crippen LogP contribution in [-0.2, 0) is 6.42 Å². The summed E-state index contributed by atoms with van der Waals surface area (Å²) in [5.74, 6) is 0.601. The monoisotopic (exact) mass is 310 g/mol. The van der Waals surface area contributed by atoms with E-state index in [4.69, 9.17) is 27.9 Å². The van der Waals surface area contributed by atoms with Gasteiger partial charge in [0.25, 0.3) is 0 Å². The van der Waals surface area contributed by atoms with E-state index in [2.05, 4.69) is 0 Å². The number of alkyl halides is 1. The fraction of sp³-hybridized carbons (Fsp3) is 0.250. The van der Waals surface area contributed by atoms with Crippen LogP contribution in [0.3, 0.4) is 0 Å². The van der Waals surface area contributed by atoms with Crippen LogP contribution in [0.25, 0.3) is 0 Å². The van der Waals surface area contributed by atoms with Crippen molar-refractivity contribution in [2.45, 2.75) is 18.7 Å². The second-order valence-electron chi connectivity index (χ2n) is 4.95. The molecule has 0 bridgehead atoms. The molecule has 0 saturated heterocycles. The number of hydrogen-bond acceptors (Lipinski definition) is 1. The number of benzene rings is 2. The Morgan fingerprint density at radius 1 is 1.25 bits per heavy atom. The molecular weight excluding hydrogens is 298 g/mol. The molecule has 0 radical (unpaired) electrons. The fourth-order valence-electron chi connectivity index (χ4n) is 2.42. The molecule has 0 fully saturated rings. The third-order valence-electron chi connectivity index (χ3n) is 3.56. The van der Waals surface area contributed by atoms with E-state index < -0.39 is 5.38 Å². The summed E-state index contributed by atoms with van der Waals surface area (Å²) in [6.07, 6.45) is 0.892. The predicted octanol–water partition coefficient (Wildman–Crippen LogP) is 5.05. The molecule has 2 aromatic carbocycles. The van der Waals surface area contributed by atoms with E-state index >= 15 is 0 Å². The zero-order valence-electron chi connectivity index (χ0n) is 10.9. The predicted molar refractivity (Wildman–Crippen MR) is 79.5 cm³/mol. The second kappa shape index (κ2) is 5.27. The summed E-state index contributed by atoms with van der Waals surface area (Å²) in [5, 5.41) is -0.0439. The standard InChI is InChI=1S/C16H13Cl2FO/c1-9-6-12(13(17)8-14(9)19)16(18)11-2-3-15-10(7-11)4-5-20-15/h2-3,6-8,16H,4-5H2,1H3. The quantitative estimate of drug-likeness (QED) is 0.705. The number of halogens is 3. The lowest BCUT2D eigenvalue weighted by molar-refractivity contribution is 0.357. The molecule has 0 N–H and O–H groups in total. The molecule has 1 aliphatic rings. The molecule has 4 heteroatoms. The summed E-state index contributed by atoms with van der Waals surface area (Å²) in [5.41, 5.74) is 3.37. The highest BCUT2D eigenvalue weighted by molar-refractivity contribution is 6.33. The SMILES string of the molecule is Cc1cc(C(Cl)c2ccc3c(c2)CCO3)c(Cl)cc1F. The molecule has 1 atom stereocenters. The van der Waals surface area contributed by atoms with Gasteiger partial charge in [-0.2, -0.15) is 0 Å². The van der Waals surface area contributed by atoms with Crippen molar-refractivity contribution in [2.75, 3.05) is 6.61 Å². The molecule has 0 aliphatic carbocycles. The minimum atomic E-state index is -0.396. The third-order valence-corrected chi connectivity index (χ3v) is 4.37. The molecule has 0 saturated carbocycles. The van der Waals surface area contributed by atoms with Gasteiger partial charge < -0.3 is 4.74 Å². The second-order valence-corrected chi connectivity index (χ2v) is 5.79. The van der Waals surface area contributed by atoms with Gasteiger partial charge in [-0.15, -0.1) is 11.6 Å². The molecule has 0 aromatic heterocycles. The summed E-state index contributed by atoms with van der Waals surface area (Å²) in [4.78, 5) is 0. The highest BCUT2D eigenvalue weighted by atomic mass is 35.5. The smallest absolute Gasteiger partial charge is 0.127 e. The van der Waals surface area contributed by atoms with Gasteiger partial charge in [0.15, 0.2) is 0 Å². The molecule has 1 heterocycles. The van der Waals surface area contributed by atoms with Gasteiger partial charge >= 0.3 is 0 Å². The summed E-state index contributed by atoms with van der Waals surface area (Å²) < 4.78 is 18.9. The molecule has 3 rings (SSSR count). The van der Waals surface area contributed by atoms with Crippen LogP contribution in [0.1, 0.15) is 27.6 Å². The lowest BCUT2D eigenvalue weighted by Gasteiger charge is -2.14. The Hall–Kier alpha value is -1.25. The highest BCUT2D eigenvalue weighted by Gasteiger charge is 2.19. The third kappa shape index (κ3) is 2.38. The lowest BCUT2D eigenvalue weighted by atomic mass is 10.00. The first kappa shape index (κ1) is 13.7. The van der Waals surface area contributed by atoms with Crippen molar-refractivity contribution in [1.82, 2.24) is 0 Å². The van der Waals surface area contributed by atoms with E-state index in [1.165, 1.54) is 6.07 Å². The number of rotatable bonds is 2. The van der Waals surface area contributed by atoms with E-state index in [9.17, 15) is 4.39 Å². The first-order valence-electron chi connectivity index (χ1n) is 6.41. The number of fused-ring (bicyclic) bond motifs is 1. The van der Waals surface area contributed by atoms with Crippen LogP contribution in [0.4, 0.5) is 4.39 Å². The lowest BCUT2D eigenvalue weighted by Crippen LogP contribution is -1.97. The topological polar surface area (TPSA) is 9.23 Å². The van der Waals surface area contributed by atoms with Gasteiger partial charge in [0.2, 0.25) is 0 Å². The highest BCUT2D eigenvalue weighted by Crippen LogP contribution is 2.37. The first-order chi connectivity index (χ1) is 9.56. The Bertz CT molecular complexity index is 670. The van der Waals surface area contributed by atoms with E-state index in [1.807, 2.05) is 18.2 Å². The van der Waals surface area contributed by atoms with Crippen LogP contribution in [0, 0.1) is 12.7 Å². The van der Waals surface area contributed by atoms with Gasteiger partial charge in [-0.25, -0.2) is 4.39 Å². The van der Waals surface area contributed by atoms with Crippen LogP contribution in [-0.4, -0.2) is 6.61 Å². The van der Waals surface area contributed by atoms with E-state index in [0.29, 0.717) is 17.2 Å². The summed E-state index contributed by atoms with van der Waals surface area (Å²) in [7, 11) is 0. The van der Waals surface area contributed by atoms with Crippen LogP contribution < -0.4 is 4.74 Å². The van der Waals surface area contributed by atoms with Crippen LogP contribution in [0.5, 0.6) is 5.75 Å². The Balaban J connectivity index is 2.00. The molecular formula is C16H13Cl2FO. The first-order valence-corrected chi connectivity index (χ1v) is 7.23. The maximum Gasteiger partial charge on any atom is 0.127 e. The molecule has 0 spiro atoms. The van der Waals surface area contributed by atoms with Gasteiger partial charge in [-0.1, -0.05) is 23.7 Å². The van der Waals surface area contributed by atoms with Crippen molar-refractivity contribution >= 4 is 23.2 Å². The van der Waals surface area contributed by atoms with Crippen LogP contribution in [0.15, 0.2) is 30.3 Å². The largest absolute Gasteiger partial charge is 0.493 e. The Kier molecular flexibility index (Phi) is 3.61. The van der Waals surface area contributed by atoms with Gasteiger partial charge in [-0.3, -0.25) is 0 Å². The maximum absolute atomic E-state index is 13.5. The van der Waals surface area contributed by atoms with E-state index in [1.54, 1.807) is 13.0 Å². The van der Waals surface area contributed by atoms with Gasteiger partial charge in [-0.05, 0) is 47.4 Å². The van der Waals surface area contributed by atoms with Crippen molar-refractivity contribution in [2.24, 2.45) is 0 Å². The summed E-state index contributed by atoms with van der Waals surface area (Å²) in [6, 6.07) is 8.92. The summed E-state index contributed by atoms with van der Waals surface area (Å²) in [6.45, 7) is 2.41. The fourth-order valence-corrected chi connectivity index (χ4v) is 3.05. The van der Waals surface area contributed by atoms with Crippen molar-refractivity contribution < 1.29 is 9.13 Å². The number of ether oxygens (including phenoxy) is 1. The maximum atomic E-state index is 13.5. The molecule has 20 heavy (non-hydrogen) atoms. The van der Waals surface area contributed by atoms with E-state index in [0.717, 1.165) is 28.9 Å². The van der Waals surface area contributed by atoms with Crippen molar-refractivity contribution in [3.05, 3.63) is 63.4 Å². The van der Waals surface area contributed by atoms with Crippen LogP contribution in [0.2, 0.25) is 5.02 Å². The zero-order valence-corrected chi connectivity index (χ0v) is 12.4. The number of hydrogen-bond donors (Lipinski definition) is 0. The van der Waals surface area contributed by atoms with Crippen molar-refractivity contribution in [3.8, 4) is 5.75 Å². The Labute approximate surface area is 127 Å². The molecule has 0 amide bonds. The molecule has 1 aliphatic heterocycles. The Morgan fingerprint density at radius 2 is 2.05 bits per heavy atom. The molecule has 104 valence electrons. The molecule has 1 unspecified atom stereocenters. The minimum Gasteiger partial charge on any atom is -0.493 e.